The lowest BCUT2D eigenvalue weighted by Crippen LogP contribution is -2.32. The monoisotopic (exact) mass is 323 g/mol. The van der Waals surface area contributed by atoms with Gasteiger partial charge in [0.2, 0.25) is 0 Å². The van der Waals surface area contributed by atoms with Gasteiger partial charge in [-0.15, -0.1) is 0 Å². The maximum Gasteiger partial charge on any atom is 0.0802 e. The Morgan fingerprint density at radius 2 is 1.71 bits per heavy atom. The van der Waals surface area contributed by atoms with Crippen LogP contribution < -0.4 is 0 Å². The van der Waals surface area contributed by atoms with Gasteiger partial charge in [0, 0.05) is 19.6 Å². The van der Waals surface area contributed by atoms with Crippen molar-refractivity contribution in [2.24, 2.45) is 5.92 Å². The van der Waals surface area contributed by atoms with Crippen molar-refractivity contribution in [2.45, 2.75) is 45.8 Å². The van der Waals surface area contributed by atoms with Crippen LogP contribution in [0.3, 0.4) is 0 Å². The Hall–Kier alpha value is -1.64. The maximum atomic E-state index is 10.5. The third-order valence-electron chi connectivity index (χ3n) is 4.94. The minimum absolute atomic E-state index is 0.365. The summed E-state index contributed by atoms with van der Waals surface area (Å²) in [6.07, 6.45) is 2.65. The molecule has 0 radical (unpaired) electrons. The van der Waals surface area contributed by atoms with E-state index in [-0.39, 0.29) is 6.10 Å². The van der Waals surface area contributed by atoms with Gasteiger partial charge in [-0.25, -0.2) is 0 Å². The van der Waals surface area contributed by atoms with E-state index in [9.17, 15) is 5.11 Å². The van der Waals surface area contributed by atoms with Crippen LogP contribution in [0.5, 0.6) is 0 Å². The number of aliphatic hydroxyl groups is 1. The van der Waals surface area contributed by atoms with E-state index in [0.717, 1.165) is 44.5 Å². The van der Waals surface area contributed by atoms with E-state index in [1.165, 1.54) is 16.7 Å². The summed E-state index contributed by atoms with van der Waals surface area (Å²) in [5.74, 6) is 0.669. The summed E-state index contributed by atoms with van der Waals surface area (Å²) in [6.45, 7) is 7.52. The van der Waals surface area contributed by atoms with Crippen molar-refractivity contribution in [1.29, 1.82) is 0 Å². The van der Waals surface area contributed by atoms with E-state index in [4.69, 9.17) is 0 Å². The van der Waals surface area contributed by atoms with E-state index >= 15 is 0 Å². The summed E-state index contributed by atoms with van der Waals surface area (Å²) in [6, 6.07) is 17.2. The summed E-state index contributed by atoms with van der Waals surface area (Å²) in [5.41, 5.74) is 5.32. The van der Waals surface area contributed by atoms with Crippen LogP contribution >= 0.6 is 0 Å². The number of rotatable bonds is 6. The molecular formula is C22H29NO. The maximum absolute atomic E-state index is 10.5. The van der Waals surface area contributed by atoms with Crippen molar-refractivity contribution in [2.75, 3.05) is 13.1 Å². The van der Waals surface area contributed by atoms with Crippen LogP contribution in [-0.2, 0) is 19.4 Å². The summed E-state index contributed by atoms with van der Waals surface area (Å²) in [7, 11) is 0. The quantitative estimate of drug-likeness (QED) is 0.853. The van der Waals surface area contributed by atoms with Crippen LogP contribution in [-0.4, -0.2) is 23.1 Å². The van der Waals surface area contributed by atoms with E-state index in [1.807, 2.05) is 0 Å². The predicted octanol–water partition coefficient (Wildman–Crippen LogP) is 4.37. The Labute approximate surface area is 146 Å². The molecule has 0 aromatic heterocycles. The van der Waals surface area contributed by atoms with Crippen molar-refractivity contribution in [1.82, 2.24) is 4.90 Å². The van der Waals surface area contributed by atoms with Crippen LogP contribution in [0.1, 0.15) is 48.6 Å². The van der Waals surface area contributed by atoms with Gasteiger partial charge in [0.1, 0.15) is 0 Å². The van der Waals surface area contributed by atoms with E-state index < -0.39 is 0 Å². The lowest BCUT2D eigenvalue weighted by atomic mass is 9.98. The van der Waals surface area contributed by atoms with Crippen molar-refractivity contribution < 1.29 is 5.11 Å². The molecule has 1 aliphatic rings. The molecule has 0 bridgehead atoms. The largest absolute Gasteiger partial charge is 0.388 e. The van der Waals surface area contributed by atoms with Crippen LogP contribution in [0, 0.1) is 5.92 Å². The van der Waals surface area contributed by atoms with Gasteiger partial charge < -0.3 is 5.11 Å². The van der Waals surface area contributed by atoms with E-state index in [1.54, 1.807) is 0 Å². The molecule has 0 aliphatic carbocycles. The second-order valence-electron chi connectivity index (χ2n) is 7.44. The molecule has 128 valence electrons. The van der Waals surface area contributed by atoms with Crippen molar-refractivity contribution in [3.63, 3.8) is 0 Å². The fourth-order valence-electron chi connectivity index (χ4n) is 3.56. The number of hydrogen-bond donors (Lipinski definition) is 1. The fourth-order valence-corrected chi connectivity index (χ4v) is 3.56. The molecule has 1 N–H and O–H groups in total. The highest BCUT2D eigenvalue weighted by molar-refractivity contribution is 5.29. The zero-order valence-corrected chi connectivity index (χ0v) is 14.9. The topological polar surface area (TPSA) is 23.5 Å². The second-order valence-corrected chi connectivity index (χ2v) is 7.44. The van der Waals surface area contributed by atoms with Crippen molar-refractivity contribution in [3.8, 4) is 0 Å². The highest BCUT2D eigenvalue weighted by Gasteiger charge is 2.17. The van der Waals surface area contributed by atoms with Gasteiger partial charge in [-0.1, -0.05) is 62.4 Å². The van der Waals surface area contributed by atoms with Crippen LogP contribution in [0.4, 0.5) is 0 Å². The minimum atomic E-state index is -0.365. The predicted molar refractivity (Wildman–Crippen MR) is 100.0 cm³/mol. The summed E-state index contributed by atoms with van der Waals surface area (Å²) in [4.78, 5) is 2.46. The lowest BCUT2D eigenvalue weighted by molar-refractivity contribution is 0.137. The molecule has 1 aliphatic heterocycles. The highest BCUT2D eigenvalue weighted by atomic mass is 16.3. The molecule has 0 fully saturated rings. The Morgan fingerprint density at radius 1 is 1.00 bits per heavy atom. The number of benzene rings is 2. The molecule has 0 saturated carbocycles. The first-order valence-corrected chi connectivity index (χ1v) is 9.18. The van der Waals surface area contributed by atoms with Gasteiger partial charge in [-0.05, 0) is 47.4 Å². The van der Waals surface area contributed by atoms with Gasteiger partial charge >= 0.3 is 0 Å². The summed E-state index contributed by atoms with van der Waals surface area (Å²) >= 11 is 0. The molecule has 2 aromatic rings. The van der Waals surface area contributed by atoms with Crippen molar-refractivity contribution in [3.05, 3.63) is 70.8 Å². The Morgan fingerprint density at radius 3 is 2.42 bits per heavy atom. The molecule has 0 saturated heterocycles. The van der Waals surface area contributed by atoms with Crippen LogP contribution in [0.25, 0.3) is 0 Å². The number of hydrogen-bond acceptors (Lipinski definition) is 2. The van der Waals surface area contributed by atoms with Crippen LogP contribution in [0.2, 0.25) is 0 Å². The number of aliphatic hydroxyl groups excluding tert-OH is 1. The summed E-state index contributed by atoms with van der Waals surface area (Å²) in [5, 5.41) is 10.5. The van der Waals surface area contributed by atoms with E-state index in [2.05, 4.69) is 67.3 Å². The van der Waals surface area contributed by atoms with Gasteiger partial charge in [0.05, 0.1) is 6.10 Å². The molecule has 2 heteroatoms. The van der Waals surface area contributed by atoms with Crippen molar-refractivity contribution >= 4 is 0 Å². The zero-order chi connectivity index (χ0) is 16.9. The average molecular weight is 323 g/mol. The Kier molecular flexibility index (Phi) is 5.70. The first-order chi connectivity index (χ1) is 11.6. The highest BCUT2D eigenvalue weighted by Crippen LogP contribution is 2.22. The second kappa shape index (κ2) is 7.96. The molecule has 1 atom stereocenters. The molecular weight excluding hydrogens is 294 g/mol. The van der Waals surface area contributed by atoms with Gasteiger partial charge in [-0.2, -0.15) is 0 Å². The molecule has 2 aromatic carbocycles. The molecule has 3 rings (SSSR count). The number of nitrogens with zero attached hydrogens (tertiary/aromatic N) is 1. The fraction of sp³-hybridized carbons (Fsp3) is 0.455. The Balaban J connectivity index is 1.51. The molecule has 0 spiro atoms. The summed E-state index contributed by atoms with van der Waals surface area (Å²) < 4.78 is 0. The zero-order valence-electron chi connectivity index (χ0n) is 14.9. The lowest BCUT2D eigenvalue weighted by Gasteiger charge is -2.29. The number of fused-ring (bicyclic) bond motifs is 1. The third kappa shape index (κ3) is 4.46. The molecule has 24 heavy (non-hydrogen) atoms. The standard InChI is InChI=1S/C22H29NO/c1-17(2)15-18-7-9-20(10-8-18)22(24)12-14-23-13-11-19-5-3-4-6-21(19)16-23/h3-10,17,22,24H,11-16H2,1-2H3. The van der Waals surface area contributed by atoms with Gasteiger partial charge in [0.15, 0.2) is 0 Å². The average Bonchev–Trinajstić information content (AvgIpc) is 2.59. The van der Waals surface area contributed by atoms with Gasteiger partial charge in [0.25, 0.3) is 0 Å². The minimum Gasteiger partial charge on any atom is -0.388 e. The van der Waals surface area contributed by atoms with E-state index in [0.29, 0.717) is 5.92 Å². The van der Waals surface area contributed by atoms with Crippen LogP contribution in [0.15, 0.2) is 48.5 Å². The molecule has 2 nitrogen and oxygen atoms in total. The SMILES string of the molecule is CC(C)Cc1ccc(C(O)CCN2CCc3ccccc3C2)cc1. The molecule has 0 amide bonds. The third-order valence-corrected chi connectivity index (χ3v) is 4.94. The van der Waals surface area contributed by atoms with Gasteiger partial charge in [-0.3, -0.25) is 4.90 Å². The Bertz CT molecular complexity index is 647. The smallest absolute Gasteiger partial charge is 0.0802 e. The molecule has 1 unspecified atom stereocenters. The normalized spacial score (nSPS) is 16.2. The molecule has 1 heterocycles. The first kappa shape index (κ1) is 17.2. The first-order valence-electron chi connectivity index (χ1n) is 9.18.